The van der Waals surface area contributed by atoms with Crippen LogP contribution in [-0.4, -0.2) is 5.91 Å². The van der Waals surface area contributed by atoms with Crippen molar-refractivity contribution in [2.75, 3.05) is 5.32 Å². The minimum atomic E-state index is -0.715. The molecule has 22 heavy (non-hydrogen) atoms. The van der Waals surface area contributed by atoms with E-state index in [-0.39, 0.29) is 17.9 Å². The largest absolute Gasteiger partial charge is 0.325 e. The summed E-state index contributed by atoms with van der Waals surface area (Å²) in [5, 5.41) is 4.70. The predicted molar refractivity (Wildman–Crippen MR) is 82.6 cm³/mol. The molecule has 0 radical (unpaired) electrons. The molecule has 0 fully saturated rings. The Balaban J connectivity index is 1.81. The molecule has 0 aliphatic carbocycles. The number of hydrogen-bond acceptors (Lipinski definition) is 1. The van der Waals surface area contributed by atoms with Crippen molar-refractivity contribution in [2.24, 2.45) is 0 Å². The topological polar surface area (TPSA) is 29.1 Å². The molecule has 1 N–H and O–H groups in total. The minimum absolute atomic E-state index is 0.144. The van der Waals surface area contributed by atoms with Gasteiger partial charge in [-0.15, -0.1) is 0 Å². The monoisotopic (exact) mass is 297 g/mol. The van der Waals surface area contributed by atoms with Crippen LogP contribution in [0.4, 0.5) is 14.5 Å². The summed E-state index contributed by atoms with van der Waals surface area (Å²) in [6.45, 7) is 0. The lowest BCUT2D eigenvalue weighted by Crippen LogP contribution is -2.15. The van der Waals surface area contributed by atoms with E-state index in [4.69, 9.17) is 0 Å². The molecule has 0 heterocycles. The second-order valence-corrected chi connectivity index (χ2v) is 4.99. The molecule has 0 unspecified atom stereocenters. The van der Waals surface area contributed by atoms with Gasteiger partial charge in [-0.1, -0.05) is 42.5 Å². The first kappa shape index (κ1) is 14.2. The highest BCUT2D eigenvalue weighted by molar-refractivity contribution is 6.02. The van der Waals surface area contributed by atoms with Crippen molar-refractivity contribution < 1.29 is 13.6 Å². The molecule has 0 saturated heterocycles. The average molecular weight is 297 g/mol. The number of hydrogen-bond donors (Lipinski definition) is 1. The SMILES string of the molecule is O=C(Cc1ccc(F)cc1F)Nc1cccc2ccccc12. The smallest absolute Gasteiger partial charge is 0.228 e. The highest BCUT2D eigenvalue weighted by atomic mass is 19.1. The summed E-state index contributed by atoms with van der Waals surface area (Å²) in [6, 6.07) is 16.5. The lowest BCUT2D eigenvalue weighted by molar-refractivity contribution is -0.115. The van der Waals surface area contributed by atoms with Crippen molar-refractivity contribution in [3.05, 3.63) is 77.9 Å². The Morgan fingerprint density at radius 2 is 1.73 bits per heavy atom. The van der Waals surface area contributed by atoms with Gasteiger partial charge < -0.3 is 5.32 Å². The summed E-state index contributed by atoms with van der Waals surface area (Å²) < 4.78 is 26.4. The van der Waals surface area contributed by atoms with Gasteiger partial charge in [-0.25, -0.2) is 8.78 Å². The summed E-state index contributed by atoms with van der Waals surface area (Å²) in [7, 11) is 0. The highest BCUT2D eigenvalue weighted by Gasteiger charge is 2.10. The zero-order chi connectivity index (χ0) is 15.5. The zero-order valence-electron chi connectivity index (χ0n) is 11.6. The highest BCUT2D eigenvalue weighted by Crippen LogP contribution is 2.23. The number of rotatable bonds is 3. The van der Waals surface area contributed by atoms with E-state index in [9.17, 15) is 13.6 Å². The van der Waals surface area contributed by atoms with Gasteiger partial charge in [-0.3, -0.25) is 4.79 Å². The molecule has 110 valence electrons. The van der Waals surface area contributed by atoms with Crippen LogP contribution in [0.2, 0.25) is 0 Å². The minimum Gasteiger partial charge on any atom is -0.325 e. The van der Waals surface area contributed by atoms with Gasteiger partial charge in [0.05, 0.1) is 6.42 Å². The second kappa shape index (κ2) is 5.93. The molecule has 0 bridgehead atoms. The molecule has 3 rings (SSSR count). The van der Waals surface area contributed by atoms with Crippen molar-refractivity contribution >= 4 is 22.4 Å². The van der Waals surface area contributed by atoms with Crippen molar-refractivity contribution in [1.29, 1.82) is 0 Å². The molecule has 0 aromatic heterocycles. The van der Waals surface area contributed by atoms with Crippen molar-refractivity contribution in [1.82, 2.24) is 0 Å². The number of halogens is 2. The Hall–Kier alpha value is -2.75. The fourth-order valence-electron chi connectivity index (χ4n) is 2.37. The van der Waals surface area contributed by atoms with E-state index in [1.165, 1.54) is 6.07 Å². The summed E-state index contributed by atoms with van der Waals surface area (Å²) in [4.78, 5) is 12.1. The lowest BCUT2D eigenvalue weighted by Gasteiger charge is -2.09. The fraction of sp³-hybridized carbons (Fsp3) is 0.0556. The van der Waals surface area contributed by atoms with Crippen LogP contribution in [0.5, 0.6) is 0 Å². The first-order valence-corrected chi connectivity index (χ1v) is 6.85. The Kier molecular flexibility index (Phi) is 3.83. The van der Waals surface area contributed by atoms with Gasteiger partial charge in [0.2, 0.25) is 5.91 Å². The average Bonchev–Trinajstić information content (AvgIpc) is 2.50. The maximum atomic E-state index is 13.6. The number of carbonyl (C=O) groups excluding carboxylic acids is 1. The van der Waals surface area contributed by atoms with E-state index in [1.807, 2.05) is 36.4 Å². The van der Waals surface area contributed by atoms with Crippen LogP contribution in [0.3, 0.4) is 0 Å². The molecule has 0 saturated carbocycles. The normalized spacial score (nSPS) is 10.6. The number of amides is 1. The molecule has 0 aliphatic heterocycles. The molecular formula is C18H13F2NO. The molecule has 0 aliphatic rings. The van der Waals surface area contributed by atoms with Gasteiger partial charge in [0.25, 0.3) is 0 Å². The zero-order valence-corrected chi connectivity index (χ0v) is 11.6. The second-order valence-electron chi connectivity index (χ2n) is 4.99. The molecule has 3 aromatic rings. The Morgan fingerprint density at radius 1 is 0.955 bits per heavy atom. The summed E-state index contributed by atoms with van der Waals surface area (Å²) in [5.74, 6) is -1.72. The van der Waals surface area contributed by atoms with Crippen molar-refractivity contribution in [2.45, 2.75) is 6.42 Å². The van der Waals surface area contributed by atoms with E-state index in [2.05, 4.69) is 5.32 Å². The van der Waals surface area contributed by atoms with E-state index in [1.54, 1.807) is 6.07 Å². The van der Waals surface area contributed by atoms with Gasteiger partial charge in [0.15, 0.2) is 0 Å². The van der Waals surface area contributed by atoms with Gasteiger partial charge in [0, 0.05) is 17.1 Å². The van der Waals surface area contributed by atoms with Crippen LogP contribution < -0.4 is 5.32 Å². The van der Waals surface area contributed by atoms with Gasteiger partial charge >= 0.3 is 0 Å². The summed E-state index contributed by atoms with van der Waals surface area (Å²) in [6.07, 6.45) is -0.144. The third-order valence-electron chi connectivity index (χ3n) is 3.43. The molecule has 2 nitrogen and oxygen atoms in total. The Bertz CT molecular complexity index is 840. The number of nitrogens with one attached hydrogen (secondary N) is 1. The van der Waals surface area contributed by atoms with Gasteiger partial charge in [-0.05, 0) is 23.1 Å². The first-order chi connectivity index (χ1) is 10.6. The van der Waals surface area contributed by atoms with Crippen LogP contribution in [0, 0.1) is 11.6 Å². The van der Waals surface area contributed by atoms with Crippen LogP contribution in [0.1, 0.15) is 5.56 Å². The molecular weight excluding hydrogens is 284 g/mol. The third kappa shape index (κ3) is 2.96. The predicted octanol–water partition coefficient (Wildman–Crippen LogP) is 4.30. The maximum Gasteiger partial charge on any atom is 0.228 e. The number of carbonyl (C=O) groups is 1. The molecule has 3 aromatic carbocycles. The third-order valence-corrected chi connectivity index (χ3v) is 3.43. The number of fused-ring (bicyclic) bond motifs is 1. The number of anilines is 1. The van der Waals surface area contributed by atoms with Crippen LogP contribution in [0.15, 0.2) is 60.7 Å². The molecule has 0 spiro atoms. The quantitative estimate of drug-likeness (QED) is 0.767. The summed E-state index contributed by atoms with van der Waals surface area (Å²) >= 11 is 0. The lowest BCUT2D eigenvalue weighted by atomic mass is 10.1. The van der Waals surface area contributed by atoms with E-state index in [0.29, 0.717) is 5.69 Å². The van der Waals surface area contributed by atoms with Crippen LogP contribution in [-0.2, 0) is 11.2 Å². The fourth-order valence-corrected chi connectivity index (χ4v) is 2.37. The molecule has 0 atom stereocenters. The van der Waals surface area contributed by atoms with Crippen molar-refractivity contribution in [3.8, 4) is 0 Å². The maximum absolute atomic E-state index is 13.6. The van der Waals surface area contributed by atoms with Crippen LogP contribution in [0.25, 0.3) is 10.8 Å². The van der Waals surface area contributed by atoms with Crippen molar-refractivity contribution in [3.63, 3.8) is 0 Å². The van der Waals surface area contributed by atoms with Gasteiger partial charge in [-0.2, -0.15) is 0 Å². The summed E-state index contributed by atoms with van der Waals surface area (Å²) in [5.41, 5.74) is 0.838. The van der Waals surface area contributed by atoms with Crippen LogP contribution >= 0.6 is 0 Å². The molecule has 4 heteroatoms. The van der Waals surface area contributed by atoms with Gasteiger partial charge in [0.1, 0.15) is 11.6 Å². The first-order valence-electron chi connectivity index (χ1n) is 6.85. The Morgan fingerprint density at radius 3 is 2.55 bits per heavy atom. The number of benzene rings is 3. The van der Waals surface area contributed by atoms with E-state index < -0.39 is 11.6 Å². The molecule has 1 amide bonds. The Labute approximate surface area is 126 Å². The van der Waals surface area contributed by atoms with E-state index in [0.717, 1.165) is 22.9 Å². The standard InChI is InChI=1S/C18H13F2NO/c19-14-9-8-13(16(20)11-14)10-18(22)21-17-7-3-5-12-4-1-2-6-15(12)17/h1-9,11H,10H2,(H,21,22). The van der Waals surface area contributed by atoms with E-state index >= 15 is 0 Å².